The number of nitrogens with zero attached hydrogens (tertiary/aromatic N) is 4. The van der Waals surface area contributed by atoms with E-state index in [1.807, 2.05) is 17.9 Å². The van der Waals surface area contributed by atoms with Crippen molar-refractivity contribution in [3.63, 3.8) is 0 Å². The van der Waals surface area contributed by atoms with Crippen molar-refractivity contribution in [2.24, 2.45) is 0 Å². The van der Waals surface area contributed by atoms with Gasteiger partial charge in [-0.25, -0.2) is 9.97 Å². The summed E-state index contributed by atoms with van der Waals surface area (Å²) in [5.74, 6) is 1.54. The van der Waals surface area contributed by atoms with Gasteiger partial charge in [-0.1, -0.05) is 0 Å². The molecule has 0 bridgehead atoms. The highest BCUT2D eigenvalue weighted by atomic mass is 16.5. The summed E-state index contributed by atoms with van der Waals surface area (Å²) in [5, 5.41) is 0. The average Bonchev–Trinajstić information content (AvgIpc) is 2.55. The van der Waals surface area contributed by atoms with E-state index in [0.717, 1.165) is 18.9 Å². The Morgan fingerprint density at radius 3 is 2.52 bits per heavy atom. The van der Waals surface area contributed by atoms with Crippen LogP contribution >= 0.6 is 0 Å². The summed E-state index contributed by atoms with van der Waals surface area (Å²) in [6.45, 7) is 6.37. The van der Waals surface area contributed by atoms with Gasteiger partial charge in [0.25, 0.3) is 5.91 Å². The average molecular weight is 290 g/mol. The number of morpholine rings is 1. The molecule has 1 amide bonds. The van der Waals surface area contributed by atoms with Crippen molar-refractivity contribution in [3.8, 4) is 0 Å². The molecule has 0 radical (unpaired) electrons. The lowest BCUT2D eigenvalue weighted by molar-refractivity contribution is 0.0299. The summed E-state index contributed by atoms with van der Waals surface area (Å²) in [4.78, 5) is 25.5. The third kappa shape index (κ3) is 3.32. The van der Waals surface area contributed by atoms with Gasteiger partial charge >= 0.3 is 0 Å². The standard InChI is InChI=1S/C15H22N4O2/c1-12-16-13(15(20)19-7-9-21-10-8-19)11-14(17-12)18-5-3-2-4-6-18/h11H,2-10H2,1H3. The molecule has 114 valence electrons. The van der Waals surface area contributed by atoms with E-state index in [4.69, 9.17) is 4.74 Å². The van der Waals surface area contributed by atoms with Crippen LogP contribution in [0.3, 0.4) is 0 Å². The van der Waals surface area contributed by atoms with E-state index in [1.165, 1.54) is 19.3 Å². The Morgan fingerprint density at radius 1 is 1.10 bits per heavy atom. The van der Waals surface area contributed by atoms with Gasteiger partial charge in [0.2, 0.25) is 0 Å². The molecule has 2 aliphatic heterocycles. The van der Waals surface area contributed by atoms with Gasteiger partial charge in [0, 0.05) is 32.2 Å². The lowest BCUT2D eigenvalue weighted by Crippen LogP contribution is -2.41. The fourth-order valence-electron chi connectivity index (χ4n) is 2.87. The van der Waals surface area contributed by atoms with E-state index >= 15 is 0 Å². The van der Waals surface area contributed by atoms with Crippen LogP contribution in [0.25, 0.3) is 0 Å². The summed E-state index contributed by atoms with van der Waals surface area (Å²) in [7, 11) is 0. The van der Waals surface area contributed by atoms with Crippen molar-refractivity contribution < 1.29 is 9.53 Å². The Kier molecular flexibility index (Phi) is 4.34. The van der Waals surface area contributed by atoms with Crippen molar-refractivity contribution in [1.29, 1.82) is 0 Å². The van der Waals surface area contributed by atoms with Crippen LogP contribution in [-0.2, 0) is 4.74 Å². The number of anilines is 1. The molecule has 3 rings (SSSR count). The van der Waals surface area contributed by atoms with Crippen molar-refractivity contribution in [3.05, 3.63) is 17.6 Å². The van der Waals surface area contributed by atoms with Gasteiger partial charge in [0.05, 0.1) is 13.2 Å². The summed E-state index contributed by atoms with van der Waals surface area (Å²) >= 11 is 0. The molecule has 0 atom stereocenters. The fraction of sp³-hybridized carbons (Fsp3) is 0.667. The normalized spacial score (nSPS) is 19.7. The molecule has 1 aromatic heterocycles. The summed E-state index contributed by atoms with van der Waals surface area (Å²) in [6, 6.07) is 1.84. The minimum atomic E-state index is -0.0120. The maximum absolute atomic E-state index is 12.5. The van der Waals surface area contributed by atoms with Crippen molar-refractivity contribution in [2.75, 3.05) is 44.3 Å². The zero-order chi connectivity index (χ0) is 14.7. The van der Waals surface area contributed by atoms with Gasteiger partial charge in [-0.3, -0.25) is 4.79 Å². The van der Waals surface area contributed by atoms with E-state index in [0.29, 0.717) is 37.8 Å². The van der Waals surface area contributed by atoms with Gasteiger partial charge < -0.3 is 14.5 Å². The quantitative estimate of drug-likeness (QED) is 0.820. The third-order valence-corrected chi connectivity index (χ3v) is 4.02. The van der Waals surface area contributed by atoms with E-state index in [1.54, 1.807) is 0 Å². The third-order valence-electron chi connectivity index (χ3n) is 4.02. The Labute approximate surface area is 125 Å². The number of aryl methyl sites for hydroxylation is 1. The summed E-state index contributed by atoms with van der Waals surface area (Å²) < 4.78 is 5.29. The Morgan fingerprint density at radius 2 is 1.81 bits per heavy atom. The molecule has 2 fully saturated rings. The van der Waals surface area contributed by atoms with Gasteiger partial charge in [-0.15, -0.1) is 0 Å². The second-order valence-electron chi connectivity index (χ2n) is 5.61. The number of hydrogen-bond donors (Lipinski definition) is 0. The molecule has 2 aliphatic rings. The van der Waals surface area contributed by atoms with Crippen LogP contribution in [0.15, 0.2) is 6.07 Å². The first-order valence-electron chi connectivity index (χ1n) is 7.72. The molecule has 0 saturated carbocycles. The molecule has 2 saturated heterocycles. The maximum Gasteiger partial charge on any atom is 0.272 e. The largest absolute Gasteiger partial charge is 0.378 e. The predicted molar refractivity (Wildman–Crippen MR) is 79.6 cm³/mol. The number of hydrogen-bond acceptors (Lipinski definition) is 5. The van der Waals surface area contributed by atoms with E-state index in [9.17, 15) is 4.79 Å². The molecule has 21 heavy (non-hydrogen) atoms. The lowest BCUT2D eigenvalue weighted by atomic mass is 10.1. The number of rotatable bonds is 2. The first-order valence-corrected chi connectivity index (χ1v) is 7.72. The molecule has 0 spiro atoms. The smallest absolute Gasteiger partial charge is 0.272 e. The van der Waals surface area contributed by atoms with Crippen LogP contribution in [0.4, 0.5) is 5.82 Å². The van der Waals surface area contributed by atoms with Gasteiger partial charge in [0.15, 0.2) is 0 Å². The second kappa shape index (κ2) is 6.39. The number of ether oxygens (including phenoxy) is 1. The minimum absolute atomic E-state index is 0.0120. The van der Waals surface area contributed by atoms with Crippen LogP contribution in [0, 0.1) is 6.92 Å². The Hall–Kier alpha value is -1.69. The number of carbonyl (C=O) groups is 1. The van der Waals surface area contributed by atoms with E-state index < -0.39 is 0 Å². The summed E-state index contributed by atoms with van der Waals surface area (Å²) in [6.07, 6.45) is 3.66. The highest BCUT2D eigenvalue weighted by Crippen LogP contribution is 2.19. The minimum Gasteiger partial charge on any atom is -0.378 e. The molecule has 1 aromatic rings. The van der Waals surface area contributed by atoms with Gasteiger partial charge in [-0.2, -0.15) is 0 Å². The van der Waals surface area contributed by atoms with Crippen LogP contribution in [0.1, 0.15) is 35.6 Å². The molecular formula is C15H22N4O2. The zero-order valence-electron chi connectivity index (χ0n) is 12.5. The molecular weight excluding hydrogens is 268 g/mol. The van der Waals surface area contributed by atoms with Crippen molar-refractivity contribution in [2.45, 2.75) is 26.2 Å². The fourth-order valence-corrected chi connectivity index (χ4v) is 2.87. The number of amides is 1. The highest BCUT2D eigenvalue weighted by molar-refractivity contribution is 5.93. The summed E-state index contributed by atoms with van der Waals surface area (Å²) in [5.41, 5.74) is 0.505. The van der Waals surface area contributed by atoms with Gasteiger partial charge in [-0.05, 0) is 26.2 Å². The Balaban J connectivity index is 1.81. The lowest BCUT2D eigenvalue weighted by Gasteiger charge is -2.29. The molecule has 6 heteroatoms. The van der Waals surface area contributed by atoms with Crippen LogP contribution in [0.5, 0.6) is 0 Å². The molecule has 0 N–H and O–H groups in total. The topological polar surface area (TPSA) is 58.6 Å². The SMILES string of the molecule is Cc1nc(C(=O)N2CCOCC2)cc(N2CCCCC2)n1. The van der Waals surface area contributed by atoms with Gasteiger partial charge in [0.1, 0.15) is 17.3 Å². The highest BCUT2D eigenvalue weighted by Gasteiger charge is 2.22. The van der Waals surface area contributed by atoms with Crippen LogP contribution in [0.2, 0.25) is 0 Å². The number of carbonyl (C=O) groups excluding carboxylic acids is 1. The maximum atomic E-state index is 12.5. The van der Waals surface area contributed by atoms with Crippen LogP contribution < -0.4 is 4.90 Å². The second-order valence-corrected chi connectivity index (χ2v) is 5.61. The molecule has 6 nitrogen and oxygen atoms in total. The first kappa shape index (κ1) is 14.3. The van der Waals surface area contributed by atoms with Crippen molar-refractivity contribution in [1.82, 2.24) is 14.9 Å². The van der Waals surface area contributed by atoms with Crippen LogP contribution in [-0.4, -0.2) is 60.2 Å². The molecule has 0 unspecified atom stereocenters. The zero-order valence-corrected chi connectivity index (χ0v) is 12.5. The van der Waals surface area contributed by atoms with E-state index in [2.05, 4.69) is 14.9 Å². The molecule has 3 heterocycles. The Bertz CT molecular complexity index is 508. The number of aromatic nitrogens is 2. The number of piperidine rings is 1. The monoisotopic (exact) mass is 290 g/mol. The van der Waals surface area contributed by atoms with Crippen molar-refractivity contribution >= 4 is 11.7 Å². The molecule has 0 aliphatic carbocycles. The predicted octanol–water partition coefficient (Wildman–Crippen LogP) is 1.25. The molecule has 0 aromatic carbocycles. The first-order chi connectivity index (χ1) is 10.2. The van der Waals surface area contributed by atoms with E-state index in [-0.39, 0.29) is 5.91 Å².